The van der Waals surface area contributed by atoms with Crippen LogP contribution >= 0.6 is 0 Å². The molecule has 1 fully saturated rings. The average Bonchev–Trinajstić information content (AvgIpc) is 2.39. The first-order valence-electron chi connectivity index (χ1n) is 5.21. The van der Waals surface area contributed by atoms with E-state index in [4.69, 9.17) is 4.74 Å². The molecule has 1 aliphatic heterocycles. The van der Waals surface area contributed by atoms with Crippen molar-refractivity contribution in [3.05, 3.63) is 0 Å². The van der Waals surface area contributed by atoms with Crippen molar-refractivity contribution in [3.63, 3.8) is 0 Å². The van der Waals surface area contributed by atoms with Crippen molar-refractivity contribution in [1.82, 2.24) is 4.90 Å². The van der Waals surface area contributed by atoms with Crippen molar-refractivity contribution in [2.24, 2.45) is 0 Å². The van der Waals surface area contributed by atoms with Gasteiger partial charge in [-0.25, -0.2) is 8.78 Å². The molecule has 0 saturated carbocycles. The number of hydrogen-bond donors (Lipinski definition) is 0. The summed E-state index contributed by atoms with van der Waals surface area (Å²) in [7, 11) is 1.71. The lowest BCUT2D eigenvalue weighted by Crippen LogP contribution is -2.29. The van der Waals surface area contributed by atoms with E-state index in [1.54, 1.807) is 11.9 Å². The molecule has 0 aliphatic carbocycles. The summed E-state index contributed by atoms with van der Waals surface area (Å²) in [6, 6.07) is -0.111. The minimum atomic E-state index is -2.52. The Hall–Kier alpha value is -0.220. The standard InChI is InChI=1S/C8H15F2NO.C2H6/c1-3-12-5-7-4-8(9,10)6-11(7)2;1-2/h7H,3-6H2,1-2H3;1-2H3. The summed E-state index contributed by atoms with van der Waals surface area (Å²) in [5.41, 5.74) is 0. The first-order valence-corrected chi connectivity index (χ1v) is 5.21. The van der Waals surface area contributed by atoms with Crippen molar-refractivity contribution >= 4 is 0 Å². The van der Waals surface area contributed by atoms with Crippen molar-refractivity contribution < 1.29 is 13.5 Å². The van der Waals surface area contributed by atoms with E-state index < -0.39 is 5.92 Å². The average molecular weight is 209 g/mol. The summed E-state index contributed by atoms with van der Waals surface area (Å²) in [5, 5.41) is 0. The van der Waals surface area contributed by atoms with Crippen LogP contribution in [0.15, 0.2) is 0 Å². The number of halogens is 2. The third-order valence-corrected chi connectivity index (χ3v) is 2.15. The number of likely N-dealkylation sites (N-methyl/N-ethyl adjacent to an activating group) is 1. The molecule has 1 atom stereocenters. The zero-order valence-electron chi connectivity index (χ0n) is 9.52. The molecular weight excluding hydrogens is 188 g/mol. The predicted molar refractivity (Wildman–Crippen MR) is 53.8 cm³/mol. The molecule has 1 rings (SSSR count). The van der Waals surface area contributed by atoms with Gasteiger partial charge >= 0.3 is 0 Å². The number of hydrogen-bond acceptors (Lipinski definition) is 2. The third kappa shape index (κ3) is 4.33. The Morgan fingerprint density at radius 3 is 2.36 bits per heavy atom. The van der Waals surface area contributed by atoms with Gasteiger partial charge in [-0.3, -0.25) is 4.90 Å². The number of ether oxygens (including phenoxy) is 1. The zero-order valence-corrected chi connectivity index (χ0v) is 9.52. The molecule has 1 aliphatic rings. The molecule has 1 saturated heterocycles. The third-order valence-electron chi connectivity index (χ3n) is 2.15. The van der Waals surface area contributed by atoms with Crippen molar-refractivity contribution in [1.29, 1.82) is 0 Å². The Kier molecular flexibility index (Phi) is 6.20. The van der Waals surface area contributed by atoms with Gasteiger partial charge in [0.2, 0.25) is 0 Å². The second-order valence-corrected chi connectivity index (χ2v) is 3.29. The maximum atomic E-state index is 12.8. The highest BCUT2D eigenvalue weighted by atomic mass is 19.3. The largest absolute Gasteiger partial charge is 0.380 e. The molecule has 2 nitrogen and oxygen atoms in total. The topological polar surface area (TPSA) is 12.5 Å². The Morgan fingerprint density at radius 2 is 2.00 bits per heavy atom. The van der Waals surface area contributed by atoms with Gasteiger partial charge in [0.1, 0.15) is 0 Å². The van der Waals surface area contributed by atoms with E-state index in [0.717, 1.165) is 0 Å². The Bertz CT molecular complexity index is 153. The molecule has 0 aromatic rings. The number of rotatable bonds is 3. The summed E-state index contributed by atoms with van der Waals surface area (Å²) < 4.78 is 30.7. The molecule has 0 bridgehead atoms. The lowest BCUT2D eigenvalue weighted by molar-refractivity contribution is 0.0129. The molecule has 1 heterocycles. The van der Waals surface area contributed by atoms with Gasteiger partial charge in [0.15, 0.2) is 0 Å². The van der Waals surface area contributed by atoms with Gasteiger partial charge in [-0.15, -0.1) is 0 Å². The number of nitrogens with zero attached hydrogens (tertiary/aromatic N) is 1. The summed E-state index contributed by atoms with van der Waals surface area (Å²) in [6.07, 6.45) is -0.0660. The van der Waals surface area contributed by atoms with Gasteiger partial charge in [0.25, 0.3) is 5.92 Å². The second kappa shape index (κ2) is 6.30. The zero-order chi connectivity index (χ0) is 11.2. The van der Waals surface area contributed by atoms with E-state index >= 15 is 0 Å². The van der Waals surface area contributed by atoms with Crippen LogP contribution in [0.3, 0.4) is 0 Å². The lowest BCUT2D eigenvalue weighted by atomic mass is 10.2. The molecule has 0 N–H and O–H groups in total. The van der Waals surface area contributed by atoms with Gasteiger partial charge in [-0.2, -0.15) is 0 Å². The Morgan fingerprint density at radius 1 is 1.43 bits per heavy atom. The summed E-state index contributed by atoms with van der Waals surface area (Å²) in [4.78, 5) is 1.66. The van der Waals surface area contributed by atoms with Crippen LogP contribution in [-0.4, -0.2) is 43.7 Å². The maximum Gasteiger partial charge on any atom is 0.262 e. The molecule has 0 amide bonds. The highest BCUT2D eigenvalue weighted by Gasteiger charge is 2.42. The fourth-order valence-corrected chi connectivity index (χ4v) is 1.50. The van der Waals surface area contributed by atoms with Crippen molar-refractivity contribution in [2.45, 2.75) is 39.2 Å². The number of alkyl halides is 2. The monoisotopic (exact) mass is 209 g/mol. The van der Waals surface area contributed by atoms with Crippen LogP contribution in [0, 0.1) is 0 Å². The highest BCUT2D eigenvalue weighted by Crippen LogP contribution is 2.30. The van der Waals surface area contributed by atoms with E-state index in [0.29, 0.717) is 13.2 Å². The van der Waals surface area contributed by atoms with E-state index in [2.05, 4.69) is 0 Å². The minimum Gasteiger partial charge on any atom is -0.380 e. The first-order chi connectivity index (χ1) is 6.55. The van der Waals surface area contributed by atoms with E-state index in [-0.39, 0.29) is 19.0 Å². The minimum absolute atomic E-state index is 0.0660. The quantitative estimate of drug-likeness (QED) is 0.707. The summed E-state index contributed by atoms with van der Waals surface area (Å²) >= 11 is 0. The molecule has 1 unspecified atom stereocenters. The summed E-state index contributed by atoms with van der Waals surface area (Å²) in [6.45, 7) is 6.75. The molecule has 0 spiro atoms. The Balaban J connectivity index is 0.000000791. The van der Waals surface area contributed by atoms with Crippen molar-refractivity contribution in [2.75, 3.05) is 26.8 Å². The first kappa shape index (κ1) is 13.8. The van der Waals surface area contributed by atoms with Crippen LogP contribution in [0.5, 0.6) is 0 Å². The van der Waals surface area contributed by atoms with Crippen LogP contribution < -0.4 is 0 Å². The van der Waals surface area contributed by atoms with E-state index in [9.17, 15) is 8.78 Å². The smallest absolute Gasteiger partial charge is 0.262 e. The maximum absolute atomic E-state index is 12.8. The molecular formula is C10H21F2NO. The fraction of sp³-hybridized carbons (Fsp3) is 1.00. The molecule has 86 valence electrons. The van der Waals surface area contributed by atoms with Gasteiger partial charge in [0.05, 0.1) is 13.2 Å². The van der Waals surface area contributed by atoms with Crippen molar-refractivity contribution in [3.8, 4) is 0 Å². The van der Waals surface area contributed by atoms with Crippen LogP contribution in [0.25, 0.3) is 0 Å². The highest BCUT2D eigenvalue weighted by molar-refractivity contribution is 4.88. The molecule has 4 heteroatoms. The lowest BCUT2D eigenvalue weighted by Gasteiger charge is -2.17. The van der Waals surface area contributed by atoms with Crippen LogP contribution in [0.1, 0.15) is 27.2 Å². The van der Waals surface area contributed by atoms with Crippen LogP contribution in [-0.2, 0) is 4.74 Å². The Labute approximate surface area is 85.2 Å². The predicted octanol–water partition coefficient (Wildman–Crippen LogP) is 2.39. The summed E-state index contributed by atoms with van der Waals surface area (Å²) in [5.74, 6) is -2.52. The van der Waals surface area contributed by atoms with Gasteiger partial charge in [-0.05, 0) is 14.0 Å². The molecule has 0 aromatic heterocycles. The molecule has 0 radical (unpaired) electrons. The fourth-order valence-electron chi connectivity index (χ4n) is 1.50. The molecule has 14 heavy (non-hydrogen) atoms. The number of likely N-dealkylation sites (tertiary alicyclic amines) is 1. The molecule has 0 aromatic carbocycles. The SMILES string of the molecule is CC.CCOCC1CC(F)(F)CN1C. The van der Waals surface area contributed by atoms with Gasteiger partial charge < -0.3 is 4.74 Å². The van der Waals surface area contributed by atoms with Gasteiger partial charge in [-0.1, -0.05) is 13.8 Å². The van der Waals surface area contributed by atoms with E-state index in [1.165, 1.54) is 0 Å². The van der Waals surface area contributed by atoms with E-state index in [1.807, 2.05) is 20.8 Å². The van der Waals surface area contributed by atoms with Gasteiger partial charge in [0, 0.05) is 19.1 Å². The van der Waals surface area contributed by atoms with Crippen LogP contribution in [0.4, 0.5) is 8.78 Å². The normalized spacial score (nSPS) is 25.7. The second-order valence-electron chi connectivity index (χ2n) is 3.29. The van der Waals surface area contributed by atoms with Crippen LogP contribution in [0.2, 0.25) is 0 Å².